The van der Waals surface area contributed by atoms with Crippen molar-refractivity contribution in [3.05, 3.63) is 66.1 Å². The first-order chi connectivity index (χ1) is 12.9. The molecule has 1 aliphatic rings. The third kappa shape index (κ3) is 3.29. The second-order valence-corrected chi connectivity index (χ2v) is 8.36. The maximum atomic E-state index is 12.7. The molecular formula is C19H17N3O4S. The van der Waals surface area contributed by atoms with Crippen LogP contribution in [-0.2, 0) is 10.0 Å². The predicted molar refractivity (Wildman–Crippen MR) is 97.7 cm³/mol. The highest BCUT2D eigenvalue weighted by molar-refractivity contribution is 7.89. The molecule has 0 N–H and O–H groups in total. The molecule has 1 saturated heterocycles. The number of benzene rings is 2. The number of carbonyl (C=O) groups is 1. The summed E-state index contributed by atoms with van der Waals surface area (Å²) >= 11 is 0. The lowest BCUT2D eigenvalue weighted by Gasteiger charge is -2.35. The Hall–Kier alpha value is -2.84. The van der Waals surface area contributed by atoms with Crippen LogP contribution in [0.15, 0.2) is 64.0 Å². The Morgan fingerprint density at radius 3 is 2.37 bits per heavy atom. The molecule has 0 aliphatic carbocycles. The average molecular weight is 383 g/mol. The van der Waals surface area contributed by atoms with Gasteiger partial charge in [0.2, 0.25) is 21.7 Å². The van der Waals surface area contributed by atoms with Crippen molar-refractivity contribution in [2.24, 2.45) is 0 Å². The smallest absolute Gasteiger partial charge is 0.243 e. The fourth-order valence-electron chi connectivity index (χ4n) is 2.91. The fraction of sp³-hybridized carbons (Fsp3) is 0.211. The number of Topliss-reactive ketones (excluding diaryl/α,β-unsaturated/α-hetero) is 1. The van der Waals surface area contributed by atoms with Crippen LogP contribution in [0.3, 0.4) is 0 Å². The van der Waals surface area contributed by atoms with Gasteiger partial charge in [-0.1, -0.05) is 47.6 Å². The zero-order valence-electron chi connectivity index (χ0n) is 14.6. The molecule has 138 valence electrons. The van der Waals surface area contributed by atoms with Gasteiger partial charge in [-0.2, -0.15) is 9.29 Å². The quantitative estimate of drug-likeness (QED) is 0.629. The first-order valence-electron chi connectivity index (χ1n) is 8.45. The minimum Gasteiger partial charge on any atom is -0.339 e. The second kappa shape index (κ2) is 6.71. The Labute approximate surface area is 156 Å². The van der Waals surface area contributed by atoms with Gasteiger partial charge in [-0.15, -0.1) is 0 Å². The van der Waals surface area contributed by atoms with E-state index in [1.54, 1.807) is 0 Å². The van der Waals surface area contributed by atoms with Crippen LogP contribution in [0.1, 0.15) is 29.1 Å². The molecule has 0 saturated carbocycles. The van der Waals surface area contributed by atoms with Crippen LogP contribution in [0.25, 0.3) is 11.4 Å². The Kier molecular flexibility index (Phi) is 4.37. The van der Waals surface area contributed by atoms with Crippen molar-refractivity contribution in [2.75, 3.05) is 13.1 Å². The van der Waals surface area contributed by atoms with Gasteiger partial charge in [-0.05, 0) is 19.1 Å². The topological polar surface area (TPSA) is 93.4 Å². The molecule has 1 fully saturated rings. The van der Waals surface area contributed by atoms with E-state index in [1.165, 1.54) is 35.5 Å². The van der Waals surface area contributed by atoms with Gasteiger partial charge in [-0.25, -0.2) is 8.42 Å². The lowest BCUT2D eigenvalue weighted by molar-refractivity contribution is 0.101. The van der Waals surface area contributed by atoms with Gasteiger partial charge in [0.05, 0.1) is 10.8 Å². The zero-order valence-corrected chi connectivity index (χ0v) is 15.4. The maximum Gasteiger partial charge on any atom is 0.243 e. The minimum absolute atomic E-state index is 0.103. The van der Waals surface area contributed by atoms with Crippen molar-refractivity contribution in [3.8, 4) is 11.4 Å². The van der Waals surface area contributed by atoms with Gasteiger partial charge in [0, 0.05) is 24.2 Å². The summed E-state index contributed by atoms with van der Waals surface area (Å²) in [5.74, 6) is 0.703. The van der Waals surface area contributed by atoms with Crippen LogP contribution in [0, 0.1) is 0 Å². The summed E-state index contributed by atoms with van der Waals surface area (Å²) in [7, 11) is -3.60. The maximum absolute atomic E-state index is 12.7. The van der Waals surface area contributed by atoms with E-state index in [9.17, 15) is 13.2 Å². The molecule has 0 amide bonds. The summed E-state index contributed by atoms with van der Waals surface area (Å²) in [6.45, 7) is 2.01. The lowest BCUT2D eigenvalue weighted by atomic mass is 10.0. The molecular weight excluding hydrogens is 366 g/mol. The molecule has 27 heavy (non-hydrogen) atoms. The van der Waals surface area contributed by atoms with Crippen LogP contribution in [0.5, 0.6) is 0 Å². The number of nitrogens with zero attached hydrogens (tertiary/aromatic N) is 3. The highest BCUT2D eigenvalue weighted by Crippen LogP contribution is 2.32. The highest BCUT2D eigenvalue weighted by Gasteiger charge is 2.40. The van der Waals surface area contributed by atoms with E-state index < -0.39 is 10.0 Å². The molecule has 7 nitrogen and oxygen atoms in total. The molecule has 8 heteroatoms. The molecule has 0 spiro atoms. The van der Waals surface area contributed by atoms with Gasteiger partial charge in [0.15, 0.2) is 5.78 Å². The van der Waals surface area contributed by atoms with Crippen LogP contribution in [-0.4, -0.2) is 41.7 Å². The van der Waals surface area contributed by atoms with E-state index in [-0.39, 0.29) is 29.7 Å². The number of sulfonamides is 1. The van der Waals surface area contributed by atoms with E-state index >= 15 is 0 Å². The average Bonchev–Trinajstić information content (AvgIpc) is 3.10. The van der Waals surface area contributed by atoms with Gasteiger partial charge >= 0.3 is 0 Å². The Bertz CT molecular complexity index is 1070. The number of carbonyl (C=O) groups excluding carboxylic acids is 1. The number of hydrogen-bond acceptors (Lipinski definition) is 6. The number of hydrogen-bond donors (Lipinski definition) is 0. The molecule has 2 aromatic carbocycles. The molecule has 1 aromatic heterocycles. The van der Waals surface area contributed by atoms with Gasteiger partial charge < -0.3 is 4.52 Å². The van der Waals surface area contributed by atoms with Crippen molar-refractivity contribution in [1.29, 1.82) is 0 Å². The van der Waals surface area contributed by atoms with Crippen molar-refractivity contribution in [3.63, 3.8) is 0 Å². The lowest BCUT2D eigenvalue weighted by Crippen LogP contribution is -2.48. The summed E-state index contributed by atoms with van der Waals surface area (Å²) < 4.78 is 32.0. The molecule has 2 heterocycles. The van der Waals surface area contributed by atoms with Gasteiger partial charge in [-0.3, -0.25) is 4.79 Å². The largest absolute Gasteiger partial charge is 0.339 e. The summed E-state index contributed by atoms with van der Waals surface area (Å²) in [5.41, 5.74) is 1.33. The number of aromatic nitrogens is 2. The molecule has 4 rings (SSSR count). The molecule has 1 aliphatic heterocycles. The van der Waals surface area contributed by atoms with Crippen molar-refractivity contribution < 1.29 is 17.7 Å². The van der Waals surface area contributed by atoms with Crippen molar-refractivity contribution in [1.82, 2.24) is 14.4 Å². The van der Waals surface area contributed by atoms with Gasteiger partial charge in [0.25, 0.3) is 0 Å². The van der Waals surface area contributed by atoms with Gasteiger partial charge in [0.1, 0.15) is 0 Å². The highest BCUT2D eigenvalue weighted by atomic mass is 32.2. The Morgan fingerprint density at radius 2 is 1.74 bits per heavy atom. The van der Waals surface area contributed by atoms with E-state index in [0.29, 0.717) is 17.3 Å². The summed E-state index contributed by atoms with van der Waals surface area (Å²) in [6.07, 6.45) is 0. The van der Waals surface area contributed by atoms with Crippen LogP contribution >= 0.6 is 0 Å². The molecule has 0 bridgehead atoms. The van der Waals surface area contributed by atoms with Crippen molar-refractivity contribution >= 4 is 15.8 Å². The van der Waals surface area contributed by atoms with E-state index in [4.69, 9.17) is 4.52 Å². The Morgan fingerprint density at radius 1 is 1.07 bits per heavy atom. The van der Waals surface area contributed by atoms with Crippen LogP contribution in [0.4, 0.5) is 0 Å². The van der Waals surface area contributed by atoms with E-state index in [1.807, 2.05) is 30.3 Å². The SMILES string of the molecule is CC(=O)c1ccc(S(=O)(=O)N2CC(c3nc(-c4ccccc4)no3)C2)cc1. The van der Waals surface area contributed by atoms with E-state index in [0.717, 1.165) is 5.56 Å². The van der Waals surface area contributed by atoms with E-state index in [2.05, 4.69) is 10.1 Å². The number of rotatable bonds is 5. The first kappa shape index (κ1) is 17.6. The monoisotopic (exact) mass is 383 g/mol. The third-order valence-corrected chi connectivity index (χ3v) is 6.42. The molecule has 3 aromatic rings. The van der Waals surface area contributed by atoms with Crippen LogP contribution in [0.2, 0.25) is 0 Å². The molecule has 0 atom stereocenters. The third-order valence-electron chi connectivity index (χ3n) is 4.57. The summed E-state index contributed by atoms with van der Waals surface area (Å²) in [4.78, 5) is 15.9. The fourth-order valence-corrected chi connectivity index (χ4v) is 4.44. The molecule has 0 unspecified atom stereocenters. The second-order valence-electron chi connectivity index (χ2n) is 6.42. The van der Waals surface area contributed by atoms with Crippen LogP contribution < -0.4 is 0 Å². The molecule has 0 radical (unpaired) electrons. The normalized spacial score (nSPS) is 15.4. The standard InChI is InChI=1S/C19H17N3O4S/c1-13(23)14-7-9-17(10-8-14)27(24,25)22-11-16(12-22)19-20-18(21-26-19)15-5-3-2-4-6-15/h2-10,16H,11-12H2,1H3. The summed E-state index contributed by atoms with van der Waals surface area (Å²) in [5, 5.41) is 3.97. The Balaban J connectivity index is 1.46. The summed E-state index contributed by atoms with van der Waals surface area (Å²) in [6, 6.07) is 15.4. The van der Waals surface area contributed by atoms with Crippen molar-refractivity contribution in [2.45, 2.75) is 17.7 Å². The number of ketones is 1. The minimum atomic E-state index is -3.60. The predicted octanol–water partition coefficient (Wildman–Crippen LogP) is 2.73. The zero-order chi connectivity index (χ0) is 19.0. The first-order valence-corrected chi connectivity index (χ1v) is 9.89.